The van der Waals surface area contributed by atoms with Gasteiger partial charge in [0.2, 0.25) is 0 Å². The highest BCUT2D eigenvalue weighted by atomic mass is 16.5. The third-order valence-corrected chi connectivity index (χ3v) is 4.01. The summed E-state index contributed by atoms with van der Waals surface area (Å²) in [5.41, 5.74) is 2.02. The van der Waals surface area contributed by atoms with E-state index in [9.17, 15) is 4.79 Å². The number of anilines is 1. The number of methoxy groups -OCH3 is 1. The number of nitrogens with one attached hydrogen (secondary N) is 1. The monoisotopic (exact) mass is 367 g/mol. The van der Waals surface area contributed by atoms with E-state index in [1.807, 2.05) is 6.07 Å². The normalized spacial score (nSPS) is 10.0. The molecule has 0 saturated carbocycles. The Bertz CT molecular complexity index is 815. The van der Waals surface area contributed by atoms with Crippen molar-refractivity contribution in [3.8, 4) is 17.6 Å². The Morgan fingerprint density at radius 3 is 2.78 bits per heavy atom. The molecule has 1 N–H and O–H groups in total. The van der Waals surface area contributed by atoms with Crippen LogP contribution in [0.1, 0.15) is 30.9 Å². The molecule has 0 fully saturated rings. The molecule has 0 unspecified atom stereocenters. The summed E-state index contributed by atoms with van der Waals surface area (Å²) in [4.78, 5) is 14.2. The van der Waals surface area contributed by atoms with E-state index in [2.05, 4.69) is 18.3 Å². The summed E-state index contributed by atoms with van der Waals surface area (Å²) in [5, 5.41) is 11.9. The summed E-state index contributed by atoms with van der Waals surface area (Å²) in [6, 6.07) is 14.4. The van der Waals surface area contributed by atoms with Gasteiger partial charge in [0.1, 0.15) is 11.5 Å². The van der Waals surface area contributed by atoms with Crippen molar-refractivity contribution in [2.45, 2.75) is 26.3 Å². The molecule has 6 heteroatoms. The number of benzene rings is 2. The zero-order chi connectivity index (χ0) is 19.6. The predicted molar refractivity (Wildman–Crippen MR) is 105 cm³/mol. The third-order valence-electron chi connectivity index (χ3n) is 4.01. The van der Waals surface area contributed by atoms with E-state index in [1.165, 1.54) is 0 Å². The molecule has 0 heterocycles. The number of hydrogen-bond acceptors (Lipinski definition) is 4. The molecule has 0 spiro atoms. The molecule has 2 aromatic carbocycles. The second-order valence-corrected chi connectivity index (χ2v) is 6.16. The SMILES string of the molecule is CCCCOc1ccc(OC)cc1NC(=O)N(C)Cc1cccc(C#N)c1. The fourth-order valence-corrected chi connectivity index (χ4v) is 2.48. The van der Waals surface area contributed by atoms with E-state index in [0.717, 1.165) is 18.4 Å². The molecule has 0 radical (unpaired) electrons. The number of unbranched alkanes of at least 4 members (excludes halogenated alkanes) is 1. The van der Waals surface area contributed by atoms with Crippen LogP contribution < -0.4 is 14.8 Å². The van der Waals surface area contributed by atoms with Gasteiger partial charge in [-0.05, 0) is 36.2 Å². The summed E-state index contributed by atoms with van der Waals surface area (Å²) in [6.45, 7) is 3.07. The summed E-state index contributed by atoms with van der Waals surface area (Å²) in [7, 11) is 3.28. The van der Waals surface area contributed by atoms with Gasteiger partial charge in [0.25, 0.3) is 0 Å². The van der Waals surface area contributed by atoms with Crippen molar-refractivity contribution in [1.82, 2.24) is 4.90 Å². The first-order valence-electron chi connectivity index (χ1n) is 8.89. The van der Waals surface area contributed by atoms with Crippen LogP contribution in [-0.4, -0.2) is 31.7 Å². The van der Waals surface area contributed by atoms with E-state index in [0.29, 0.717) is 35.9 Å². The van der Waals surface area contributed by atoms with Crippen molar-refractivity contribution in [2.24, 2.45) is 0 Å². The first kappa shape index (κ1) is 20.1. The van der Waals surface area contributed by atoms with Gasteiger partial charge in [-0.1, -0.05) is 25.5 Å². The topological polar surface area (TPSA) is 74.6 Å². The van der Waals surface area contributed by atoms with Crippen LogP contribution in [0.25, 0.3) is 0 Å². The number of amides is 2. The smallest absolute Gasteiger partial charge is 0.321 e. The molecule has 0 aliphatic heterocycles. The zero-order valence-electron chi connectivity index (χ0n) is 16.0. The molecular formula is C21H25N3O3. The highest BCUT2D eigenvalue weighted by Crippen LogP contribution is 2.29. The van der Waals surface area contributed by atoms with Gasteiger partial charge >= 0.3 is 6.03 Å². The highest BCUT2D eigenvalue weighted by molar-refractivity contribution is 5.91. The van der Waals surface area contributed by atoms with Gasteiger partial charge in [0.15, 0.2) is 0 Å². The quantitative estimate of drug-likeness (QED) is 0.701. The molecule has 0 saturated heterocycles. The van der Waals surface area contributed by atoms with Crippen LogP contribution in [0, 0.1) is 11.3 Å². The largest absolute Gasteiger partial charge is 0.497 e. The number of nitriles is 1. The molecule has 2 amide bonds. The Morgan fingerprint density at radius 2 is 2.07 bits per heavy atom. The molecule has 2 rings (SSSR count). The van der Waals surface area contributed by atoms with Gasteiger partial charge in [-0.3, -0.25) is 0 Å². The van der Waals surface area contributed by atoms with Crippen LogP contribution in [0.4, 0.5) is 10.5 Å². The maximum Gasteiger partial charge on any atom is 0.321 e. The van der Waals surface area contributed by atoms with Gasteiger partial charge in [0.05, 0.1) is 31.0 Å². The number of urea groups is 1. The van der Waals surface area contributed by atoms with Crippen molar-refractivity contribution < 1.29 is 14.3 Å². The number of rotatable bonds is 8. The van der Waals surface area contributed by atoms with Crippen molar-refractivity contribution in [3.05, 3.63) is 53.6 Å². The fraction of sp³-hybridized carbons (Fsp3) is 0.333. The number of nitrogens with zero attached hydrogens (tertiary/aromatic N) is 2. The van der Waals surface area contributed by atoms with Crippen molar-refractivity contribution in [3.63, 3.8) is 0 Å². The van der Waals surface area contributed by atoms with Crippen molar-refractivity contribution in [2.75, 3.05) is 26.1 Å². The van der Waals surface area contributed by atoms with Crippen LogP contribution in [0.15, 0.2) is 42.5 Å². The maximum absolute atomic E-state index is 12.6. The van der Waals surface area contributed by atoms with E-state index in [1.54, 1.807) is 55.5 Å². The van der Waals surface area contributed by atoms with Crippen molar-refractivity contribution >= 4 is 11.7 Å². The Morgan fingerprint density at radius 1 is 1.26 bits per heavy atom. The minimum absolute atomic E-state index is 0.272. The second kappa shape index (κ2) is 10.1. The standard InChI is InChI=1S/C21H25N3O3/c1-4-5-11-27-20-10-9-18(26-3)13-19(20)23-21(25)24(2)15-17-8-6-7-16(12-17)14-22/h6-10,12-13H,4-5,11,15H2,1-3H3,(H,23,25). The zero-order valence-corrected chi connectivity index (χ0v) is 16.0. The van der Waals surface area contributed by atoms with Crippen LogP contribution >= 0.6 is 0 Å². The molecule has 0 bridgehead atoms. The molecular weight excluding hydrogens is 342 g/mol. The molecule has 0 atom stereocenters. The first-order chi connectivity index (χ1) is 13.1. The minimum atomic E-state index is -0.272. The average molecular weight is 367 g/mol. The summed E-state index contributed by atoms with van der Waals surface area (Å²) >= 11 is 0. The lowest BCUT2D eigenvalue weighted by atomic mass is 10.1. The van der Waals surface area contributed by atoms with E-state index >= 15 is 0 Å². The number of ether oxygens (including phenoxy) is 2. The maximum atomic E-state index is 12.6. The predicted octanol–water partition coefficient (Wildman–Crippen LogP) is 4.41. The second-order valence-electron chi connectivity index (χ2n) is 6.16. The molecule has 2 aromatic rings. The van der Waals surface area contributed by atoms with Crippen LogP contribution in [0.3, 0.4) is 0 Å². The Kier molecular flexibility index (Phi) is 7.50. The fourth-order valence-electron chi connectivity index (χ4n) is 2.48. The van der Waals surface area contributed by atoms with E-state index in [-0.39, 0.29) is 6.03 Å². The Labute approximate surface area is 160 Å². The molecule has 0 aliphatic carbocycles. The molecule has 0 aromatic heterocycles. The van der Waals surface area contributed by atoms with Crippen LogP contribution in [0.5, 0.6) is 11.5 Å². The molecule has 0 aliphatic rings. The lowest BCUT2D eigenvalue weighted by Crippen LogP contribution is -2.31. The number of carbonyl (C=O) groups is 1. The van der Waals surface area contributed by atoms with Gasteiger partial charge in [-0.25, -0.2) is 4.79 Å². The van der Waals surface area contributed by atoms with Gasteiger partial charge < -0.3 is 19.7 Å². The van der Waals surface area contributed by atoms with Crippen molar-refractivity contribution in [1.29, 1.82) is 5.26 Å². The number of carbonyl (C=O) groups excluding carboxylic acids is 1. The summed E-state index contributed by atoms with van der Waals surface area (Å²) < 4.78 is 11.0. The molecule has 142 valence electrons. The lowest BCUT2D eigenvalue weighted by Gasteiger charge is -2.20. The minimum Gasteiger partial charge on any atom is -0.497 e. The van der Waals surface area contributed by atoms with Crippen LogP contribution in [0.2, 0.25) is 0 Å². The first-order valence-corrected chi connectivity index (χ1v) is 8.89. The van der Waals surface area contributed by atoms with Crippen LogP contribution in [-0.2, 0) is 6.54 Å². The van der Waals surface area contributed by atoms with E-state index < -0.39 is 0 Å². The highest BCUT2D eigenvalue weighted by Gasteiger charge is 2.14. The van der Waals surface area contributed by atoms with Gasteiger partial charge in [-0.15, -0.1) is 0 Å². The summed E-state index contributed by atoms with van der Waals surface area (Å²) in [5.74, 6) is 1.25. The summed E-state index contributed by atoms with van der Waals surface area (Å²) in [6.07, 6.45) is 1.97. The molecule has 27 heavy (non-hydrogen) atoms. The van der Waals surface area contributed by atoms with Gasteiger partial charge in [-0.2, -0.15) is 5.26 Å². The molecule has 6 nitrogen and oxygen atoms in total. The van der Waals surface area contributed by atoms with Gasteiger partial charge in [0, 0.05) is 19.7 Å². The third kappa shape index (κ3) is 5.93. The van der Waals surface area contributed by atoms with E-state index in [4.69, 9.17) is 14.7 Å². The Balaban J connectivity index is 2.09. The lowest BCUT2D eigenvalue weighted by molar-refractivity contribution is 0.220. The number of hydrogen-bond donors (Lipinski definition) is 1. The Hall–Kier alpha value is -3.20. The average Bonchev–Trinajstić information content (AvgIpc) is 2.69.